The first kappa shape index (κ1) is 13.4. The molecule has 17 heavy (non-hydrogen) atoms. The van der Waals surface area contributed by atoms with Crippen LogP contribution >= 0.6 is 0 Å². The number of methoxy groups -OCH3 is 1. The molecular weight excluding hydrogens is 218 g/mol. The molecule has 1 aromatic carbocycles. The highest BCUT2D eigenvalue weighted by Gasteiger charge is 2.20. The molecular formula is C13H17NO3. The summed E-state index contributed by atoms with van der Waals surface area (Å²) < 4.78 is 5.17. The molecule has 1 amide bonds. The van der Waals surface area contributed by atoms with Crippen LogP contribution in [0.5, 0.6) is 0 Å². The summed E-state index contributed by atoms with van der Waals surface area (Å²) in [4.78, 5) is 22.3. The number of carbonyl (C=O) groups excluding carboxylic acids is 2. The van der Waals surface area contributed by atoms with Crippen LogP contribution in [0.4, 0.5) is 5.69 Å². The van der Waals surface area contributed by atoms with Crippen molar-refractivity contribution >= 4 is 17.9 Å². The molecule has 1 N–H and O–H groups in total. The van der Waals surface area contributed by atoms with Gasteiger partial charge in [0.1, 0.15) is 6.29 Å². The second-order valence-electron chi connectivity index (χ2n) is 4.43. The molecule has 0 unspecified atom stereocenters. The van der Waals surface area contributed by atoms with Crippen LogP contribution in [-0.4, -0.2) is 24.9 Å². The van der Waals surface area contributed by atoms with Crippen LogP contribution in [0.15, 0.2) is 24.3 Å². The zero-order valence-electron chi connectivity index (χ0n) is 10.3. The van der Waals surface area contributed by atoms with Gasteiger partial charge in [0, 0.05) is 18.4 Å². The first-order valence-electron chi connectivity index (χ1n) is 5.37. The maximum Gasteiger partial charge on any atom is 0.227 e. The summed E-state index contributed by atoms with van der Waals surface area (Å²) >= 11 is 0. The molecule has 0 atom stereocenters. The van der Waals surface area contributed by atoms with Crippen molar-refractivity contribution < 1.29 is 14.3 Å². The van der Waals surface area contributed by atoms with Crippen molar-refractivity contribution in [2.24, 2.45) is 0 Å². The largest absolute Gasteiger partial charge is 0.378 e. The molecule has 0 aromatic heterocycles. The Morgan fingerprint density at radius 1 is 1.47 bits per heavy atom. The fourth-order valence-corrected chi connectivity index (χ4v) is 1.35. The molecule has 0 radical (unpaired) electrons. The van der Waals surface area contributed by atoms with Gasteiger partial charge < -0.3 is 10.1 Å². The highest BCUT2D eigenvalue weighted by atomic mass is 16.5. The molecule has 0 bridgehead atoms. The van der Waals surface area contributed by atoms with E-state index in [1.54, 1.807) is 31.4 Å². The van der Waals surface area contributed by atoms with Crippen LogP contribution < -0.4 is 5.32 Å². The minimum Gasteiger partial charge on any atom is -0.378 e. The third-order valence-electron chi connectivity index (χ3n) is 2.45. The summed E-state index contributed by atoms with van der Waals surface area (Å²) in [5.74, 6) is -0.139. The van der Waals surface area contributed by atoms with Crippen LogP contribution in [0.1, 0.15) is 30.6 Å². The maximum absolute atomic E-state index is 11.7. The second kappa shape index (κ2) is 5.59. The first-order valence-corrected chi connectivity index (χ1v) is 5.37. The lowest BCUT2D eigenvalue weighted by Gasteiger charge is -2.21. The van der Waals surface area contributed by atoms with E-state index < -0.39 is 5.60 Å². The predicted molar refractivity (Wildman–Crippen MR) is 66.2 cm³/mol. The van der Waals surface area contributed by atoms with E-state index in [1.165, 1.54) is 0 Å². The smallest absolute Gasteiger partial charge is 0.227 e. The number of anilines is 1. The van der Waals surface area contributed by atoms with Gasteiger partial charge in [-0.15, -0.1) is 0 Å². The molecule has 0 spiro atoms. The molecule has 0 saturated heterocycles. The van der Waals surface area contributed by atoms with Gasteiger partial charge in [-0.3, -0.25) is 9.59 Å². The normalized spacial score (nSPS) is 11.0. The van der Waals surface area contributed by atoms with Gasteiger partial charge in [-0.25, -0.2) is 0 Å². The van der Waals surface area contributed by atoms with Gasteiger partial charge >= 0.3 is 0 Å². The number of hydrogen-bond donors (Lipinski definition) is 1. The van der Waals surface area contributed by atoms with Crippen LogP contribution in [0.25, 0.3) is 0 Å². The van der Waals surface area contributed by atoms with Crippen molar-refractivity contribution in [1.29, 1.82) is 0 Å². The highest BCUT2D eigenvalue weighted by molar-refractivity contribution is 5.92. The molecule has 1 aromatic rings. The van der Waals surface area contributed by atoms with Gasteiger partial charge in [0.05, 0.1) is 12.0 Å². The Hall–Kier alpha value is -1.68. The number of benzene rings is 1. The molecule has 4 nitrogen and oxygen atoms in total. The lowest BCUT2D eigenvalue weighted by atomic mass is 10.0. The molecule has 4 heteroatoms. The average molecular weight is 235 g/mol. The highest BCUT2D eigenvalue weighted by Crippen LogP contribution is 2.15. The molecule has 0 heterocycles. The zero-order valence-corrected chi connectivity index (χ0v) is 10.3. The fraction of sp³-hybridized carbons (Fsp3) is 0.385. The standard InChI is InChI=1S/C13H17NO3/c1-13(2,17-3)8-12(16)14-11-6-4-5-10(7-11)9-15/h4-7,9H,8H2,1-3H3,(H,14,16). The van der Waals surface area contributed by atoms with Crippen molar-refractivity contribution in [2.45, 2.75) is 25.9 Å². The van der Waals surface area contributed by atoms with Crippen molar-refractivity contribution in [3.63, 3.8) is 0 Å². The number of hydrogen-bond acceptors (Lipinski definition) is 3. The zero-order chi connectivity index (χ0) is 12.9. The van der Waals surface area contributed by atoms with Crippen molar-refractivity contribution in [1.82, 2.24) is 0 Å². The Labute approximate surface area is 101 Å². The van der Waals surface area contributed by atoms with Gasteiger partial charge in [0.25, 0.3) is 0 Å². The topological polar surface area (TPSA) is 55.4 Å². The third kappa shape index (κ3) is 4.36. The number of nitrogens with one attached hydrogen (secondary N) is 1. The molecule has 0 aliphatic carbocycles. The van der Waals surface area contributed by atoms with Gasteiger partial charge in [-0.05, 0) is 26.0 Å². The molecule has 0 aliphatic heterocycles. The van der Waals surface area contributed by atoms with E-state index in [2.05, 4.69) is 5.32 Å². The Bertz CT molecular complexity index is 413. The lowest BCUT2D eigenvalue weighted by molar-refractivity contribution is -0.121. The van der Waals surface area contributed by atoms with Crippen LogP contribution in [-0.2, 0) is 9.53 Å². The summed E-state index contributed by atoms with van der Waals surface area (Å²) in [6.07, 6.45) is 1.00. The Balaban J connectivity index is 2.65. The summed E-state index contributed by atoms with van der Waals surface area (Å²) in [5.41, 5.74) is 0.659. The van der Waals surface area contributed by atoms with Gasteiger partial charge in [-0.1, -0.05) is 12.1 Å². The van der Waals surface area contributed by atoms with E-state index in [-0.39, 0.29) is 12.3 Å². The van der Waals surface area contributed by atoms with E-state index in [0.29, 0.717) is 11.3 Å². The number of rotatable bonds is 5. The quantitative estimate of drug-likeness (QED) is 0.796. The second-order valence-corrected chi connectivity index (χ2v) is 4.43. The van der Waals surface area contributed by atoms with Gasteiger partial charge in [-0.2, -0.15) is 0 Å². The molecule has 0 saturated carbocycles. The van der Waals surface area contributed by atoms with E-state index in [4.69, 9.17) is 4.74 Å². The summed E-state index contributed by atoms with van der Waals surface area (Å²) in [6.45, 7) is 3.68. The average Bonchev–Trinajstić information content (AvgIpc) is 2.28. The number of aldehydes is 1. The monoisotopic (exact) mass is 235 g/mol. The fourth-order valence-electron chi connectivity index (χ4n) is 1.35. The Morgan fingerprint density at radius 3 is 2.76 bits per heavy atom. The van der Waals surface area contributed by atoms with Gasteiger partial charge in [0.2, 0.25) is 5.91 Å². The molecule has 0 aliphatic rings. The molecule has 92 valence electrons. The maximum atomic E-state index is 11.7. The molecule has 1 rings (SSSR count). The minimum absolute atomic E-state index is 0.139. The third-order valence-corrected chi connectivity index (χ3v) is 2.45. The van der Waals surface area contributed by atoms with Crippen LogP contribution in [0.2, 0.25) is 0 Å². The minimum atomic E-state index is -0.494. The Morgan fingerprint density at radius 2 is 2.18 bits per heavy atom. The van der Waals surface area contributed by atoms with Crippen LogP contribution in [0, 0.1) is 0 Å². The summed E-state index contributed by atoms with van der Waals surface area (Å²) in [7, 11) is 1.57. The SMILES string of the molecule is COC(C)(C)CC(=O)Nc1cccc(C=O)c1. The Kier molecular flexibility index (Phi) is 4.40. The van der Waals surface area contributed by atoms with Gasteiger partial charge in [0.15, 0.2) is 0 Å². The summed E-state index contributed by atoms with van der Waals surface area (Å²) in [6, 6.07) is 6.78. The van der Waals surface area contributed by atoms with E-state index >= 15 is 0 Å². The summed E-state index contributed by atoms with van der Waals surface area (Å²) in [5, 5.41) is 2.73. The molecule has 0 fully saturated rings. The van der Waals surface area contributed by atoms with Crippen molar-refractivity contribution in [3.8, 4) is 0 Å². The number of carbonyl (C=O) groups is 2. The lowest BCUT2D eigenvalue weighted by Crippen LogP contribution is -2.29. The number of ether oxygens (including phenoxy) is 1. The number of amides is 1. The van der Waals surface area contributed by atoms with E-state index in [0.717, 1.165) is 6.29 Å². The van der Waals surface area contributed by atoms with Crippen molar-refractivity contribution in [2.75, 3.05) is 12.4 Å². The van der Waals surface area contributed by atoms with E-state index in [9.17, 15) is 9.59 Å². The first-order chi connectivity index (χ1) is 7.96. The van der Waals surface area contributed by atoms with E-state index in [1.807, 2.05) is 13.8 Å². The van der Waals surface area contributed by atoms with Crippen molar-refractivity contribution in [3.05, 3.63) is 29.8 Å². The predicted octanol–water partition coefficient (Wildman–Crippen LogP) is 2.25. The van der Waals surface area contributed by atoms with Crippen LogP contribution in [0.3, 0.4) is 0 Å².